The Morgan fingerprint density at radius 1 is 1.30 bits per heavy atom. The molecule has 0 spiro atoms. The highest BCUT2D eigenvalue weighted by atomic mass is 35.5. The zero-order valence-electron chi connectivity index (χ0n) is 16.5. The van der Waals surface area contributed by atoms with E-state index in [9.17, 15) is 9.59 Å². The van der Waals surface area contributed by atoms with Crippen molar-refractivity contribution in [2.24, 2.45) is 0 Å². The molecule has 0 saturated heterocycles. The summed E-state index contributed by atoms with van der Waals surface area (Å²) in [6.45, 7) is 7.75. The van der Waals surface area contributed by atoms with E-state index in [0.29, 0.717) is 22.8 Å². The number of carbonyl (C=O) groups is 2. The van der Waals surface area contributed by atoms with Gasteiger partial charge < -0.3 is 15.0 Å². The molecule has 1 aliphatic heterocycles. The summed E-state index contributed by atoms with van der Waals surface area (Å²) in [7, 11) is 0. The summed E-state index contributed by atoms with van der Waals surface area (Å²) in [6.07, 6.45) is 3.94. The van der Waals surface area contributed by atoms with Crippen LogP contribution in [0.2, 0.25) is 5.02 Å². The number of ether oxygens (including phenoxy) is 1. The molecule has 1 saturated carbocycles. The van der Waals surface area contributed by atoms with E-state index in [-0.39, 0.29) is 17.9 Å². The minimum absolute atomic E-state index is 0.0517. The van der Waals surface area contributed by atoms with Gasteiger partial charge in [-0.1, -0.05) is 31.4 Å². The first-order valence-electron chi connectivity index (χ1n) is 9.81. The quantitative estimate of drug-likeness (QED) is 0.837. The standard InChI is InChI=1S/C21H29ClN2O3/c1-5-16-20(26)24(14-8-6-7-9-14)18(19(25)23-21(2,3)4)15-12-13(22)10-11-17(15)27-16/h10-12,14,16,18H,5-9H2,1-4H3,(H,23,25). The van der Waals surface area contributed by atoms with Gasteiger partial charge in [-0.2, -0.15) is 0 Å². The molecule has 2 aliphatic rings. The van der Waals surface area contributed by atoms with Gasteiger partial charge in [0.2, 0.25) is 5.91 Å². The van der Waals surface area contributed by atoms with Crippen molar-refractivity contribution in [1.82, 2.24) is 10.2 Å². The molecular formula is C21H29ClN2O3. The lowest BCUT2D eigenvalue weighted by molar-refractivity contribution is -0.148. The summed E-state index contributed by atoms with van der Waals surface area (Å²) < 4.78 is 6.04. The van der Waals surface area contributed by atoms with E-state index in [1.165, 1.54) is 0 Å². The van der Waals surface area contributed by atoms with Crippen LogP contribution in [-0.4, -0.2) is 34.4 Å². The molecule has 2 amide bonds. The molecule has 1 aromatic rings. The maximum atomic E-state index is 13.4. The number of hydrogen-bond acceptors (Lipinski definition) is 3. The SMILES string of the molecule is CCC1Oc2ccc(Cl)cc2C(C(=O)NC(C)(C)C)N(C2CCCC2)C1=O. The van der Waals surface area contributed by atoms with E-state index in [2.05, 4.69) is 5.32 Å². The maximum absolute atomic E-state index is 13.4. The van der Waals surface area contributed by atoms with Crippen LogP contribution in [0.3, 0.4) is 0 Å². The van der Waals surface area contributed by atoms with Crippen LogP contribution in [0.4, 0.5) is 0 Å². The Morgan fingerprint density at radius 3 is 2.56 bits per heavy atom. The summed E-state index contributed by atoms with van der Waals surface area (Å²) in [5.41, 5.74) is 0.262. The van der Waals surface area contributed by atoms with Gasteiger partial charge >= 0.3 is 0 Å². The van der Waals surface area contributed by atoms with Crippen LogP contribution < -0.4 is 10.1 Å². The smallest absolute Gasteiger partial charge is 0.264 e. The number of fused-ring (bicyclic) bond motifs is 1. The minimum atomic E-state index is -0.731. The molecule has 2 atom stereocenters. The first kappa shape index (κ1) is 20.0. The van der Waals surface area contributed by atoms with E-state index in [1.54, 1.807) is 23.1 Å². The van der Waals surface area contributed by atoms with Crippen LogP contribution >= 0.6 is 11.6 Å². The summed E-state index contributed by atoms with van der Waals surface area (Å²) in [4.78, 5) is 28.5. The number of carbonyl (C=O) groups excluding carboxylic acids is 2. The third-order valence-electron chi connectivity index (χ3n) is 5.18. The van der Waals surface area contributed by atoms with E-state index in [1.807, 2.05) is 27.7 Å². The highest BCUT2D eigenvalue weighted by Crippen LogP contribution is 2.40. The number of benzene rings is 1. The van der Waals surface area contributed by atoms with Gasteiger partial charge in [0.15, 0.2) is 6.10 Å². The van der Waals surface area contributed by atoms with Crippen molar-refractivity contribution in [1.29, 1.82) is 0 Å². The number of nitrogens with zero attached hydrogens (tertiary/aromatic N) is 1. The third-order valence-corrected chi connectivity index (χ3v) is 5.41. The Morgan fingerprint density at radius 2 is 1.96 bits per heavy atom. The fourth-order valence-electron chi connectivity index (χ4n) is 4.02. The number of nitrogens with one attached hydrogen (secondary N) is 1. The molecule has 148 valence electrons. The largest absolute Gasteiger partial charge is 0.480 e. The second kappa shape index (κ2) is 7.70. The lowest BCUT2D eigenvalue weighted by atomic mass is 9.98. The molecule has 1 aromatic carbocycles. The zero-order chi connectivity index (χ0) is 19.8. The summed E-state index contributed by atoms with van der Waals surface area (Å²) >= 11 is 6.26. The average Bonchev–Trinajstić information content (AvgIpc) is 3.06. The Bertz CT molecular complexity index is 723. The Balaban J connectivity index is 2.13. The normalized spacial score (nSPS) is 23.6. The maximum Gasteiger partial charge on any atom is 0.264 e. The summed E-state index contributed by atoms with van der Waals surface area (Å²) in [5.74, 6) is 0.270. The van der Waals surface area contributed by atoms with Crippen molar-refractivity contribution in [3.63, 3.8) is 0 Å². The van der Waals surface area contributed by atoms with Crippen molar-refractivity contribution >= 4 is 23.4 Å². The molecule has 1 fully saturated rings. The first-order valence-corrected chi connectivity index (χ1v) is 10.2. The number of hydrogen-bond donors (Lipinski definition) is 1. The molecule has 1 heterocycles. The molecule has 0 bridgehead atoms. The summed E-state index contributed by atoms with van der Waals surface area (Å²) in [6, 6.07) is 4.59. The van der Waals surface area contributed by atoms with Gasteiger partial charge in [-0.25, -0.2) is 0 Å². The van der Waals surface area contributed by atoms with Gasteiger partial charge in [-0.05, 0) is 58.2 Å². The van der Waals surface area contributed by atoms with Crippen LogP contribution in [0.1, 0.15) is 71.4 Å². The monoisotopic (exact) mass is 392 g/mol. The molecule has 5 nitrogen and oxygen atoms in total. The van der Waals surface area contributed by atoms with Crippen LogP contribution in [0, 0.1) is 0 Å². The first-order chi connectivity index (χ1) is 12.7. The van der Waals surface area contributed by atoms with Crippen LogP contribution in [0.5, 0.6) is 5.75 Å². The highest BCUT2D eigenvalue weighted by molar-refractivity contribution is 6.30. The second-order valence-corrected chi connectivity index (χ2v) is 8.96. The van der Waals surface area contributed by atoms with Crippen molar-refractivity contribution in [2.45, 2.75) is 83.5 Å². The fraction of sp³-hybridized carbons (Fsp3) is 0.619. The van der Waals surface area contributed by atoms with Crippen LogP contribution in [0.15, 0.2) is 18.2 Å². The molecular weight excluding hydrogens is 364 g/mol. The van der Waals surface area contributed by atoms with Gasteiger partial charge in [-0.15, -0.1) is 0 Å². The molecule has 1 N–H and O–H groups in total. The van der Waals surface area contributed by atoms with Crippen LogP contribution in [0.25, 0.3) is 0 Å². The highest BCUT2D eigenvalue weighted by Gasteiger charge is 2.44. The van der Waals surface area contributed by atoms with Gasteiger partial charge in [-0.3, -0.25) is 9.59 Å². The lowest BCUT2D eigenvalue weighted by Gasteiger charge is -2.36. The molecule has 0 radical (unpaired) electrons. The molecule has 2 unspecified atom stereocenters. The third kappa shape index (κ3) is 4.23. The summed E-state index contributed by atoms with van der Waals surface area (Å²) in [5, 5.41) is 3.58. The van der Waals surface area contributed by atoms with Crippen molar-refractivity contribution < 1.29 is 14.3 Å². The van der Waals surface area contributed by atoms with Gasteiger partial charge in [0.1, 0.15) is 11.8 Å². The molecule has 1 aliphatic carbocycles. The number of halogens is 1. The van der Waals surface area contributed by atoms with Gasteiger partial charge in [0, 0.05) is 22.2 Å². The van der Waals surface area contributed by atoms with Crippen molar-refractivity contribution in [3.05, 3.63) is 28.8 Å². The molecule has 6 heteroatoms. The predicted octanol–water partition coefficient (Wildman–Crippen LogP) is 4.24. The average molecular weight is 393 g/mol. The van der Waals surface area contributed by atoms with Crippen molar-refractivity contribution in [3.8, 4) is 5.75 Å². The van der Waals surface area contributed by atoms with E-state index >= 15 is 0 Å². The predicted molar refractivity (Wildman–Crippen MR) is 106 cm³/mol. The fourth-order valence-corrected chi connectivity index (χ4v) is 4.20. The van der Waals surface area contributed by atoms with Gasteiger partial charge in [0.25, 0.3) is 5.91 Å². The Labute approximate surface area is 166 Å². The number of rotatable bonds is 3. The van der Waals surface area contributed by atoms with E-state index in [0.717, 1.165) is 25.7 Å². The van der Waals surface area contributed by atoms with Crippen LogP contribution in [-0.2, 0) is 9.59 Å². The number of amides is 2. The van der Waals surface area contributed by atoms with E-state index < -0.39 is 17.7 Å². The topological polar surface area (TPSA) is 58.6 Å². The second-order valence-electron chi connectivity index (χ2n) is 8.52. The van der Waals surface area contributed by atoms with E-state index in [4.69, 9.17) is 16.3 Å². The Kier molecular flexibility index (Phi) is 5.71. The Hall–Kier alpha value is -1.75. The van der Waals surface area contributed by atoms with Gasteiger partial charge in [0.05, 0.1) is 0 Å². The minimum Gasteiger partial charge on any atom is -0.480 e. The molecule has 27 heavy (non-hydrogen) atoms. The molecule has 0 aromatic heterocycles. The van der Waals surface area contributed by atoms with Crippen molar-refractivity contribution in [2.75, 3.05) is 0 Å². The lowest BCUT2D eigenvalue weighted by Crippen LogP contribution is -2.53. The molecule has 3 rings (SSSR count). The zero-order valence-corrected chi connectivity index (χ0v) is 17.3.